The van der Waals surface area contributed by atoms with Crippen molar-refractivity contribution in [3.8, 4) is 0 Å². The van der Waals surface area contributed by atoms with Crippen LogP contribution < -0.4 is 21.5 Å². The van der Waals surface area contributed by atoms with Gasteiger partial charge in [-0.2, -0.15) is 13.2 Å². The molecule has 0 fully saturated rings. The zero-order chi connectivity index (χ0) is 20.6. The van der Waals surface area contributed by atoms with Crippen LogP contribution in [0.3, 0.4) is 0 Å². The number of anilines is 4. The third kappa shape index (κ3) is 3.46. The highest BCUT2D eigenvalue weighted by atomic mass is 19.4. The van der Waals surface area contributed by atoms with Gasteiger partial charge in [0.1, 0.15) is 11.4 Å². The first-order valence-electron chi connectivity index (χ1n) is 7.97. The maximum absolute atomic E-state index is 12.8. The predicted octanol–water partition coefficient (Wildman–Crippen LogP) is 3.80. The summed E-state index contributed by atoms with van der Waals surface area (Å²) in [4.78, 5) is 35.2. The fourth-order valence-corrected chi connectivity index (χ4v) is 2.68. The molecule has 0 spiro atoms. The molecule has 144 valence electrons. The van der Waals surface area contributed by atoms with E-state index < -0.39 is 28.6 Å². The number of nitrogens with one attached hydrogen (secondary N) is 2. The van der Waals surface area contributed by atoms with E-state index in [1.807, 2.05) is 0 Å². The molecule has 3 N–H and O–H groups in total. The number of carbonyl (C=O) groups is 1. The highest BCUT2D eigenvalue weighted by Gasteiger charge is 2.31. The molecule has 0 aliphatic rings. The van der Waals surface area contributed by atoms with E-state index in [4.69, 9.17) is 0 Å². The van der Waals surface area contributed by atoms with Crippen molar-refractivity contribution in [3.63, 3.8) is 0 Å². The van der Waals surface area contributed by atoms with Gasteiger partial charge in [-0.25, -0.2) is 4.79 Å². The second-order valence-electron chi connectivity index (χ2n) is 6.04. The molecule has 3 aromatic rings. The van der Waals surface area contributed by atoms with E-state index in [9.17, 15) is 32.7 Å². The summed E-state index contributed by atoms with van der Waals surface area (Å²) in [5, 5.41) is 14.4. The largest absolute Gasteiger partial charge is 0.478 e. The molecule has 0 aromatic heterocycles. The average molecular weight is 390 g/mol. The topological polar surface area (TPSA) is 95.5 Å². The molecule has 0 unspecified atom stereocenters. The number of aromatic carboxylic acids is 1. The minimum absolute atomic E-state index is 0.0341. The Kier molecular flexibility index (Phi) is 4.68. The van der Waals surface area contributed by atoms with Crippen LogP contribution in [-0.2, 0) is 6.18 Å². The summed E-state index contributed by atoms with van der Waals surface area (Å²) in [6.07, 6.45) is -4.57. The summed E-state index contributed by atoms with van der Waals surface area (Å²) >= 11 is 0. The predicted molar refractivity (Wildman–Crippen MR) is 97.5 cm³/mol. The number of hydrogen-bond donors (Lipinski definition) is 3. The molecular formula is C19H13F3N2O4. The molecule has 0 atom stereocenters. The maximum Gasteiger partial charge on any atom is 0.416 e. The lowest BCUT2D eigenvalue weighted by atomic mass is 10.1. The molecule has 3 rings (SSSR count). The van der Waals surface area contributed by atoms with Crippen molar-refractivity contribution >= 4 is 28.7 Å². The second-order valence-corrected chi connectivity index (χ2v) is 6.04. The zero-order valence-corrected chi connectivity index (χ0v) is 14.3. The van der Waals surface area contributed by atoms with Crippen molar-refractivity contribution in [1.82, 2.24) is 0 Å². The Morgan fingerprint density at radius 1 is 0.929 bits per heavy atom. The van der Waals surface area contributed by atoms with Crippen LogP contribution in [0.25, 0.3) is 0 Å². The van der Waals surface area contributed by atoms with Gasteiger partial charge in [0.05, 0.1) is 16.8 Å². The van der Waals surface area contributed by atoms with Crippen LogP contribution >= 0.6 is 0 Å². The third-order valence-corrected chi connectivity index (χ3v) is 4.12. The van der Waals surface area contributed by atoms with E-state index in [0.717, 1.165) is 18.2 Å². The van der Waals surface area contributed by atoms with Crippen molar-refractivity contribution in [2.75, 3.05) is 10.6 Å². The first-order valence-corrected chi connectivity index (χ1v) is 7.97. The van der Waals surface area contributed by atoms with Crippen LogP contribution in [-0.4, -0.2) is 11.1 Å². The van der Waals surface area contributed by atoms with Gasteiger partial charge < -0.3 is 15.7 Å². The molecule has 0 saturated carbocycles. The quantitative estimate of drug-likeness (QED) is 0.574. The standard InChI is InChI=1S/C19H13F3N2O4/c1-9-4-2-7-12(18(27)28)13(9)24-15-14(16(25)17(15)26)23-11-6-3-5-10(8-11)19(20,21)22/h2-8,23-24H,1H3,(H,27,28). The second kappa shape index (κ2) is 6.84. The van der Waals surface area contributed by atoms with Crippen LogP contribution in [0.4, 0.5) is 35.9 Å². The SMILES string of the molecule is Cc1cccc(C(=O)O)c1Nc1c(Nc2cccc(C(F)(F)F)c2)c(=O)c1=O. The Labute approximate surface area is 155 Å². The molecule has 0 aliphatic carbocycles. The molecule has 0 aliphatic heterocycles. The van der Waals surface area contributed by atoms with Gasteiger partial charge in [0.15, 0.2) is 0 Å². The number of alkyl halides is 3. The van der Waals surface area contributed by atoms with Gasteiger partial charge in [-0.3, -0.25) is 9.59 Å². The Bertz CT molecular complexity index is 1150. The van der Waals surface area contributed by atoms with Crippen molar-refractivity contribution in [3.05, 3.63) is 79.6 Å². The highest BCUT2D eigenvalue weighted by molar-refractivity contribution is 5.97. The molecule has 0 saturated heterocycles. The van der Waals surface area contributed by atoms with Crippen LogP contribution in [0, 0.1) is 6.92 Å². The minimum Gasteiger partial charge on any atom is -0.478 e. The lowest BCUT2D eigenvalue weighted by Gasteiger charge is -2.18. The normalized spacial score (nSPS) is 11.4. The number of rotatable bonds is 5. The fraction of sp³-hybridized carbons (Fsp3) is 0.105. The molecule has 0 bridgehead atoms. The first kappa shape index (κ1) is 19.2. The van der Waals surface area contributed by atoms with Gasteiger partial charge in [-0.05, 0) is 36.8 Å². The monoisotopic (exact) mass is 390 g/mol. The molecule has 0 amide bonds. The van der Waals surface area contributed by atoms with E-state index in [1.165, 1.54) is 18.2 Å². The lowest BCUT2D eigenvalue weighted by Crippen LogP contribution is -2.36. The van der Waals surface area contributed by atoms with Gasteiger partial charge >= 0.3 is 12.1 Å². The van der Waals surface area contributed by atoms with Gasteiger partial charge in [0.2, 0.25) is 0 Å². The van der Waals surface area contributed by atoms with Crippen LogP contribution in [0.2, 0.25) is 0 Å². The van der Waals surface area contributed by atoms with Crippen molar-refractivity contribution < 1.29 is 23.1 Å². The lowest BCUT2D eigenvalue weighted by molar-refractivity contribution is -0.137. The molecule has 0 heterocycles. The molecule has 6 nitrogen and oxygen atoms in total. The maximum atomic E-state index is 12.8. The summed E-state index contributed by atoms with van der Waals surface area (Å²) in [5.74, 6) is -1.24. The van der Waals surface area contributed by atoms with E-state index in [2.05, 4.69) is 10.6 Å². The van der Waals surface area contributed by atoms with E-state index in [-0.39, 0.29) is 28.3 Å². The van der Waals surface area contributed by atoms with Crippen molar-refractivity contribution in [1.29, 1.82) is 0 Å². The number of hydrogen-bond acceptors (Lipinski definition) is 5. The molecule has 9 heteroatoms. The zero-order valence-electron chi connectivity index (χ0n) is 14.3. The number of benzene rings is 2. The third-order valence-electron chi connectivity index (χ3n) is 4.12. The van der Waals surface area contributed by atoms with Crippen LogP contribution in [0.5, 0.6) is 0 Å². The molecular weight excluding hydrogens is 377 g/mol. The van der Waals surface area contributed by atoms with Gasteiger partial charge in [-0.1, -0.05) is 18.2 Å². The van der Waals surface area contributed by atoms with Gasteiger partial charge in [0, 0.05) is 5.69 Å². The summed E-state index contributed by atoms with van der Waals surface area (Å²) in [6, 6.07) is 8.60. The Balaban J connectivity index is 1.97. The number of halogens is 3. The van der Waals surface area contributed by atoms with Gasteiger partial charge in [-0.15, -0.1) is 0 Å². The Morgan fingerprint density at radius 3 is 2.14 bits per heavy atom. The van der Waals surface area contributed by atoms with Crippen LogP contribution in [0.1, 0.15) is 21.5 Å². The Morgan fingerprint density at radius 2 is 1.54 bits per heavy atom. The Hall–Kier alpha value is -3.62. The van der Waals surface area contributed by atoms with Gasteiger partial charge in [0.25, 0.3) is 10.9 Å². The summed E-state index contributed by atoms with van der Waals surface area (Å²) in [6.45, 7) is 1.61. The number of carboxylic acids is 1. The minimum atomic E-state index is -4.57. The smallest absolute Gasteiger partial charge is 0.416 e. The molecule has 28 heavy (non-hydrogen) atoms. The van der Waals surface area contributed by atoms with E-state index in [0.29, 0.717) is 5.56 Å². The van der Waals surface area contributed by atoms with E-state index >= 15 is 0 Å². The van der Waals surface area contributed by atoms with Crippen molar-refractivity contribution in [2.24, 2.45) is 0 Å². The molecule has 0 radical (unpaired) electrons. The summed E-state index contributed by atoms with van der Waals surface area (Å²) in [5.41, 5.74) is -2.68. The first-order chi connectivity index (χ1) is 13.1. The summed E-state index contributed by atoms with van der Waals surface area (Å²) in [7, 11) is 0. The molecule has 3 aromatic carbocycles. The van der Waals surface area contributed by atoms with Crippen LogP contribution in [0.15, 0.2) is 52.1 Å². The number of para-hydroxylation sites is 1. The van der Waals surface area contributed by atoms with E-state index in [1.54, 1.807) is 13.0 Å². The van der Waals surface area contributed by atoms with Crippen molar-refractivity contribution in [2.45, 2.75) is 13.1 Å². The number of carboxylic acid groups (broad SMARTS) is 1. The fourth-order valence-electron chi connectivity index (χ4n) is 2.68. The summed E-state index contributed by atoms with van der Waals surface area (Å²) < 4.78 is 38.5. The highest BCUT2D eigenvalue weighted by Crippen LogP contribution is 2.33. The number of aryl methyl sites for hydroxylation is 1. The average Bonchev–Trinajstić information content (AvgIpc) is 2.64.